The average molecular weight is 723 g/mol. The van der Waals surface area contributed by atoms with Gasteiger partial charge in [0.25, 0.3) is 5.56 Å². The van der Waals surface area contributed by atoms with Crippen LogP contribution in [0.15, 0.2) is 71.8 Å². The summed E-state index contributed by atoms with van der Waals surface area (Å²) in [5, 5.41) is 7.99. The summed E-state index contributed by atoms with van der Waals surface area (Å²) < 4.78 is 8.51. The quantitative estimate of drug-likeness (QED) is 0.266. The SMILES string of the molecule is COc1ccc(Cn2cc(C(Nc3cc(C)c(=O)n(C)c3)c3ccc(C)cc3)c([C-]=O)n2)cc1.[CH2-]C.[U+2]. The molecule has 2 aromatic carbocycles. The molecule has 1 unspecified atom stereocenters. The maximum absolute atomic E-state index is 12.2. The number of aromatic nitrogens is 3. The third-order valence-corrected chi connectivity index (χ3v) is 5.79. The average Bonchev–Trinajstić information content (AvgIpc) is 3.30. The Hall–Kier alpha value is -3.08. The number of rotatable bonds is 8. The van der Waals surface area contributed by atoms with E-state index in [1.54, 1.807) is 43.5 Å². The van der Waals surface area contributed by atoms with Crippen molar-refractivity contribution in [2.24, 2.45) is 7.05 Å². The monoisotopic (exact) mass is 722 g/mol. The van der Waals surface area contributed by atoms with Gasteiger partial charge in [0.2, 0.25) is 0 Å². The first-order chi connectivity index (χ1) is 17.4. The van der Waals surface area contributed by atoms with Crippen LogP contribution < -0.4 is 15.6 Å². The summed E-state index contributed by atoms with van der Waals surface area (Å²) in [5.74, 6) is 0.781. The summed E-state index contributed by atoms with van der Waals surface area (Å²) in [6.07, 6.45) is 5.63. The molecule has 0 aliphatic rings. The van der Waals surface area contributed by atoms with Crippen LogP contribution in [0.3, 0.4) is 0 Å². The van der Waals surface area contributed by atoms with Crippen molar-refractivity contribution >= 4 is 12.0 Å². The van der Waals surface area contributed by atoms with E-state index in [0.717, 1.165) is 28.1 Å². The number of ether oxygens (including phenoxy) is 1. The van der Waals surface area contributed by atoms with Crippen molar-refractivity contribution < 1.29 is 40.6 Å². The van der Waals surface area contributed by atoms with Gasteiger partial charge in [-0.1, -0.05) is 42.0 Å². The summed E-state index contributed by atoms with van der Waals surface area (Å²) >= 11 is 0. The minimum Gasteiger partial charge on any atom is -0.497 e. The van der Waals surface area contributed by atoms with Crippen molar-refractivity contribution in [1.82, 2.24) is 14.3 Å². The molecule has 0 fully saturated rings. The van der Waals surface area contributed by atoms with Crippen LogP contribution in [0.2, 0.25) is 0 Å². The van der Waals surface area contributed by atoms with Crippen LogP contribution in [0, 0.1) is 51.9 Å². The van der Waals surface area contributed by atoms with Crippen LogP contribution in [0.1, 0.15) is 46.5 Å². The summed E-state index contributed by atoms with van der Waals surface area (Å²) in [6, 6.07) is 17.3. The van der Waals surface area contributed by atoms with Crippen molar-refractivity contribution in [1.29, 1.82) is 0 Å². The zero-order chi connectivity index (χ0) is 26.2. The van der Waals surface area contributed by atoms with Gasteiger partial charge in [0.05, 0.1) is 19.3 Å². The minimum atomic E-state index is -0.362. The Balaban J connectivity index is 0.00000157. The van der Waals surface area contributed by atoms with Crippen molar-refractivity contribution in [3.8, 4) is 5.75 Å². The molecule has 4 rings (SSSR count). The zero-order valence-corrected chi connectivity index (χ0v) is 26.1. The first-order valence-electron chi connectivity index (χ1n) is 11.7. The van der Waals surface area contributed by atoms with Crippen LogP contribution in [-0.4, -0.2) is 27.7 Å². The topological polar surface area (TPSA) is 78.1 Å². The van der Waals surface area contributed by atoms with Crippen molar-refractivity contribution in [3.05, 3.63) is 118 Å². The van der Waals surface area contributed by atoms with E-state index in [1.807, 2.05) is 74.0 Å². The molecule has 0 aliphatic carbocycles. The van der Waals surface area contributed by atoms with Crippen LogP contribution in [0.25, 0.3) is 0 Å². The van der Waals surface area contributed by atoms with Gasteiger partial charge in [0.15, 0.2) is 0 Å². The second kappa shape index (κ2) is 14.0. The maximum Gasteiger partial charge on any atom is 2.00 e. The summed E-state index contributed by atoms with van der Waals surface area (Å²) in [5.41, 5.74) is 5.44. The summed E-state index contributed by atoms with van der Waals surface area (Å²) in [6.45, 7) is 9.31. The molecule has 0 saturated carbocycles. The molecule has 0 radical (unpaired) electrons. The number of nitrogens with zero attached hydrogens (tertiary/aromatic N) is 3. The van der Waals surface area contributed by atoms with E-state index in [9.17, 15) is 9.59 Å². The third kappa shape index (κ3) is 7.47. The van der Waals surface area contributed by atoms with Gasteiger partial charge < -0.3 is 26.3 Å². The molecule has 2 heterocycles. The van der Waals surface area contributed by atoms with E-state index in [-0.39, 0.29) is 48.4 Å². The second-order valence-corrected chi connectivity index (χ2v) is 8.40. The molecule has 0 amide bonds. The van der Waals surface area contributed by atoms with Crippen molar-refractivity contribution in [3.63, 3.8) is 0 Å². The molecule has 4 aromatic rings. The van der Waals surface area contributed by atoms with Crippen LogP contribution in [0.4, 0.5) is 5.69 Å². The van der Waals surface area contributed by atoms with Gasteiger partial charge in [0.1, 0.15) is 5.75 Å². The van der Waals surface area contributed by atoms with E-state index < -0.39 is 0 Å². The molecular formula is C29H32N4O3U. The molecule has 1 N–H and O–H groups in total. The second-order valence-electron chi connectivity index (χ2n) is 8.40. The molecule has 1 atom stereocenters. The normalized spacial score (nSPS) is 11.0. The number of carbonyl (C=O) groups excluding carboxylic acids is 1. The fourth-order valence-corrected chi connectivity index (χ4v) is 3.95. The molecule has 0 saturated heterocycles. The summed E-state index contributed by atoms with van der Waals surface area (Å²) in [7, 11) is 3.35. The molecule has 2 aromatic heterocycles. The first kappa shape index (κ1) is 30.1. The Bertz CT molecular complexity index is 1330. The van der Waals surface area contributed by atoms with Gasteiger partial charge in [-0.3, -0.25) is 9.48 Å². The van der Waals surface area contributed by atoms with Gasteiger partial charge in [-0.15, -0.1) is 5.56 Å². The van der Waals surface area contributed by atoms with Gasteiger partial charge in [-0.05, 0) is 55.1 Å². The number of aryl methyl sites for hydroxylation is 3. The Labute approximate surface area is 242 Å². The molecule has 7 nitrogen and oxygen atoms in total. The first-order valence-corrected chi connectivity index (χ1v) is 11.7. The number of hydrogen-bond acceptors (Lipinski definition) is 5. The predicted octanol–water partition coefficient (Wildman–Crippen LogP) is 4.76. The molecule has 0 spiro atoms. The zero-order valence-electron chi connectivity index (χ0n) is 21.9. The fourth-order valence-electron chi connectivity index (χ4n) is 3.95. The van der Waals surface area contributed by atoms with E-state index in [2.05, 4.69) is 17.3 Å². The Morgan fingerprint density at radius 3 is 2.27 bits per heavy atom. The Morgan fingerprint density at radius 2 is 1.70 bits per heavy atom. The Kier molecular flexibility index (Phi) is 11.4. The smallest absolute Gasteiger partial charge is 0.497 e. The van der Waals surface area contributed by atoms with Crippen LogP contribution >= 0.6 is 0 Å². The van der Waals surface area contributed by atoms with Crippen LogP contribution in [-0.2, 0) is 18.4 Å². The van der Waals surface area contributed by atoms with E-state index >= 15 is 0 Å². The van der Waals surface area contributed by atoms with Gasteiger partial charge in [-0.2, -0.15) is 6.92 Å². The van der Waals surface area contributed by atoms with E-state index in [0.29, 0.717) is 17.7 Å². The standard InChI is InChI=1S/C27H27N4O3.C2H5.U/c1-18-5-9-21(10-6-18)26(28-22-13-19(2)27(33)30(3)15-22)24-16-31(29-25(24)17-32)14-20-7-11-23(34-4)12-8-20;1-2;/h5-13,15-16,26,28H,14H2,1-4H3;1H2,2H3;/q2*-1;+2. The number of anilines is 1. The molecular weight excluding hydrogens is 690 g/mol. The van der Waals surface area contributed by atoms with Gasteiger partial charge in [-0.25, -0.2) is 5.10 Å². The van der Waals surface area contributed by atoms with Crippen molar-refractivity contribution in [2.75, 3.05) is 12.4 Å². The van der Waals surface area contributed by atoms with Gasteiger partial charge >= 0.3 is 31.1 Å². The largest absolute Gasteiger partial charge is 2.00 e. The molecule has 8 heteroatoms. The Morgan fingerprint density at radius 1 is 1.05 bits per heavy atom. The van der Waals surface area contributed by atoms with E-state index in [4.69, 9.17) is 4.74 Å². The molecule has 37 heavy (non-hydrogen) atoms. The number of benzene rings is 2. The molecule has 190 valence electrons. The minimum absolute atomic E-state index is 0. The maximum atomic E-state index is 12.2. The van der Waals surface area contributed by atoms with Crippen molar-refractivity contribution in [2.45, 2.75) is 33.4 Å². The third-order valence-electron chi connectivity index (χ3n) is 5.79. The fraction of sp³-hybridized carbons (Fsp3) is 0.241. The number of methoxy groups -OCH3 is 1. The van der Waals surface area contributed by atoms with Gasteiger partial charge in [0, 0.05) is 31.1 Å². The summed E-state index contributed by atoms with van der Waals surface area (Å²) in [4.78, 5) is 24.0. The number of nitrogens with one attached hydrogen (secondary N) is 1. The molecule has 0 aliphatic heterocycles. The van der Waals surface area contributed by atoms with E-state index in [1.165, 1.54) is 0 Å². The number of hydrogen-bond donors (Lipinski definition) is 1. The molecule has 0 bridgehead atoms. The predicted molar refractivity (Wildman–Crippen MR) is 143 cm³/mol. The van der Waals surface area contributed by atoms with Crippen LogP contribution in [0.5, 0.6) is 5.75 Å². The number of pyridine rings is 1.